The maximum Gasteiger partial charge on any atom is 0.119 e. The fourth-order valence-corrected chi connectivity index (χ4v) is 2.93. The van der Waals surface area contributed by atoms with Crippen molar-refractivity contribution in [3.8, 4) is 5.75 Å². The third-order valence-electron chi connectivity index (χ3n) is 4.23. The van der Waals surface area contributed by atoms with Gasteiger partial charge >= 0.3 is 0 Å². The molecule has 1 aromatic rings. The van der Waals surface area contributed by atoms with Crippen LogP contribution in [0.1, 0.15) is 39.0 Å². The van der Waals surface area contributed by atoms with Gasteiger partial charge in [-0.2, -0.15) is 0 Å². The lowest BCUT2D eigenvalue weighted by Crippen LogP contribution is -2.36. The normalized spacial score (nSPS) is 28.0. The predicted molar refractivity (Wildman–Crippen MR) is 75.7 cm³/mol. The zero-order chi connectivity index (χ0) is 12.8. The number of rotatable bonds is 5. The number of hydrogen-bond donors (Lipinski definition) is 1. The number of benzene rings is 1. The van der Waals surface area contributed by atoms with Crippen molar-refractivity contribution in [2.24, 2.45) is 17.6 Å². The Bertz CT molecular complexity index is 338. The van der Waals surface area contributed by atoms with E-state index in [-0.39, 0.29) is 0 Å². The topological polar surface area (TPSA) is 35.2 Å². The number of hydrogen-bond acceptors (Lipinski definition) is 2. The third kappa shape index (κ3) is 3.74. The number of para-hydroxylation sites is 1. The first-order valence-corrected chi connectivity index (χ1v) is 7.23. The second kappa shape index (κ2) is 6.79. The average molecular weight is 247 g/mol. The van der Waals surface area contributed by atoms with Gasteiger partial charge in [-0.15, -0.1) is 0 Å². The summed E-state index contributed by atoms with van der Waals surface area (Å²) in [5, 5.41) is 0. The largest absolute Gasteiger partial charge is 0.494 e. The molecule has 0 heterocycles. The molecule has 3 atom stereocenters. The minimum atomic E-state index is 0.382. The van der Waals surface area contributed by atoms with Crippen molar-refractivity contribution in [1.29, 1.82) is 0 Å². The molecule has 0 saturated heterocycles. The van der Waals surface area contributed by atoms with Crippen LogP contribution in [-0.4, -0.2) is 12.6 Å². The van der Waals surface area contributed by atoms with Crippen LogP contribution < -0.4 is 10.5 Å². The molecule has 3 unspecified atom stereocenters. The van der Waals surface area contributed by atoms with E-state index < -0.39 is 0 Å². The molecule has 100 valence electrons. The van der Waals surface area contributed by atoms with E-state index in [4.69, 9.17) is 10.5 Å². The Labute approximate surface area is 111 Å². The molecule has 1 fully saturated rings. The van der Waals surface area contributed by atoms with Crippen LogP contribution in [0.25, 0.3) is 0 Å². The summed E-state index contributed by atoms with van der Waals surface area (Å²) in [5.41, 5.74) is 6.22. The first-order chi connectivity index (χ1) is 8.79. The lowest BCUT2D eigenvalue weighted by Gasteiger charge is -2.33. The van der Waals surface area contributed by atoms with Crippen molar-refractivity contribution in [3.63, 3.8) is 0 Å². The predicted octanol–water partition coefficient (Wildman–Crippen LogP) is 3.61. The Balaban J connectivity index is 1.75. The summed E-state index contributed by atoms with van der Waals surface area (Å²) >= 11 is 0. The van der Waals surface area contributed by atoms with Gasteiger partial charge in [0.05, 0.1) is 6.61 Å². The Hall–Kier alpha value is -1.02. The Morgan fingerprint density at radius 2 is 2.00 bits per heavy atom. The van der Waals surface area contributed by atoms with Crippen LogP contribution in [0.15, 0.2) is 30.3 Å². The van der Waals surface area contributed by atoms with Gasteiger partial charge in [0.15, 0.2) is 0 Å². The minimum absolute atomic E-state index is 0.382. The second-order valence-corrected chi connectivity index (χ2v) is 5.46. The van der Waals surface area contributed by atoms with Crippen LogP contribution in [0.4, 0.5) is 0 Å². The number of nitrogens with two attached hydrogens (primary N) is 1. The summed E-state index contributed by atoms with van der Waals surface area (Å²) in [6, 6.07) is 10.4. The van der Waals surface area contributed by atoms with Crippen LogP contribution in [0.5, 0.6) is 5.75 Å². The Morgan fingerprint density at radius 1 is 1.22 bits per heavy atom. The van der Waals surface area contributed by atoms with Gasteiger partial charge < -0.3 is 10.5 Å². The molecule has 2 nitrogen and oxygen atoms in total. The Morgan fingerprint density at radius 3 is 2.72 bits per heavy atom. The minimum Gasteiger partial charge on any atom is -0.494 e. The molecule has 0 aromatic heterocycles. The second-order valence-electron chi connectivity index (χ2n) is 5.46. The summed E-state index contributed by atoms with van der Waals surface area (Å²) in [6.07, 6.45) is 6.17. The molecule has 2 heteroatoms. The van der Waals surface area contributed by atoms with E-state index >= 15 is 0 Å². The van der Waals surface area contributed by atoms with Gasteiger partial charge in [0, 0.05) is 6.04 Å². The highest BCUT2D eigenvalue weighted by atomic mass is 16.5. The van der Waals surface area contributed by atoms with E-state index in [0.717, 1.165) is 24.7 Å². The van der Waals surface area contributed by atoms with Gasteiger partial charge in [-0.1, -0.05) is 31.5 Å². The molecule has 1 aliphatic rings. The zero-order valence-electron chi connectivity index (χ0n) is 11.3. The van der Waals surface area contributed by atoms with E-state index in [1.807, 2.05) is 30.3 Å². The molecule has 1 saturated carbocycles. The first kappa shape index (κ1) is 13.4. The van der Waals surface area contributed by atoms with Crippen molar-refractivity contribution in [3.05, 3.63) is 30.3 Å². The molecule has 1 aliphatic carbocycles. The molecule has 0 radical (unpaired) electrons. The maximum absolute atomic E-state index is 6.22. The molecule has 2 rings (SSSR count). The lowest BCUT2D eigenvalue weighted by molar-refractivity contribution is 0.185. The summed E-state index contributed by atoms with van der Waals surface area (Å²) in [6.45, 7) is 3.08. The van der Waals surface area contributed by atoms with Gasteiger partial charge in [-0.05, 0) is 49.7 Å². The molecule has 2 N–H and O–H groups in total. The smallest absolute Gasteiger partial charge is 0.119 e. The zero-order valence-corrected chi connectivity index (χ0v) is 11.3. The average Bonchev–Trinajstić information content (AvgIpc) is 2.42. The van der Waals surface area contributed by atoms with Gasteiger partial charge in [0.2, 0.25) is 0 Å². The van der Waals surface area contributed by atoms with Gasteiger partial charge in [0.1, 0.15) is 5.75 Å². The van der Waals surface area contributed by atoms with Gasteiger partial charge in [-0.25, -0.2) is 0 Å². The number of ether oxygens (including phenoxy) is 1. The summed E-state index contributed by atoms with van der Waals surface area (Å²) in [4.78, 5) is 0. The SMILES string of the molecule is CCC1CCC(N)C(CCOc2ccccc2)C1. The fourth-order valence-electron chi connectivity index (χ4n) is 2.93. The molecule has 0 spiro atoms. The molecule has 0 aliphatic heterocycles. The van der Waals surface area contributed by atoms with E-state index in [1.54, 1.807) is 0 Å². The van der Waals surface area contributed by atoms with Crippen LogP contribution >= 0.6 is 0 Å². The maximum atomic E-state index is 6.22. The van der Waals surface area contributed by atoms with E-state index in [1.165, 1.54) is 25.7 Å². The van der Waals surface area contributed by atoms with Gasteiger partial charge in [0.25, 0.3) is 0 Å². The molecule has 0 bridgehead atoms. The fraction of sp³-hybridized carbons (Fsp3) is 0.625. The monoisotopic (exact) mass is 247 g/mol. The van der Waals surface area contributed by atoms with Crippen molar-refractivity contribution in [1.82, 2.24) is 0 Å². The van der Waals surface area contributed by atoms with Crippen LogP contribution in [-0.2, 0) is 0 Å². The van der Waals surface area contributed by atoms with E-state index in [2.05, 4.69) is 6.92 Å². The van der Waals surface area contributed by atoms with E-state index in [9.17, 15) is 0 Å². The van der Waals surface area contributed by atoms with Crippen molar-refractivity contribution in [2.75, 3.05) is 6.61 Å². The molecular formula is C16H25NO. The highest BCUT2D eigenvalue weighted by Crippen LogP contribution is 2.32. The quantitative estimate of drug-likeness (QED) is 0.862. The molecule has 1 aromatic carbocycles. The standard InChI is InChI=1S/C16H25NO/c1-2-13-8-9-16(17)14(12-13)10-11-18-15-6-4-3-5-7-15/h3-7,13-14,16H,2,8-12,17H2,1H3. The molecular weight excluding hydrogens is 222 g/mol. The van der Waals surface area contributed by atoms with Crippen LogP contribution in [0.3, 0.4) is 0 Å². The van der Waals surface area contributed by atoms with Crippen LogP contribution in [0, 0.1) is 11.8 Å². The van der Waals surface area contributed by atoms with Crippen molar-refractivity contribution in [2.45, 2.75) is 45.1 Å². The van der Waals surface area contributed by atoms with Crippen molar-refractivity contribution >= 4 is 0 Å². The third-order valence-corrected chi connectivity index (χ3v) is 4.23. The molecule has 18 heavy (non-hydrogen) atoms. The first-order valence-electron chi connectivity index (χ1n) is 7.23. The van der Waals surface area contributed by atoms with Crippen LogP contribution in [0.2, 0.25) is 0 Å². The molecule has 0 amide bonds. The van der Waals surface area contributed by atoms with Crippen molar-refractivity contribution < 1.29 is 4.74 Å². The highest BCUT2D eigenvalue weighted by molar-refractivity contribution is 5.20. The lowest BCUT2D eigenvalue weighted by atomic mass is 9.76. The highest BCUT2D eigenvalue weighted by Gasteiger charge is 2.26. The summed E-state index contributed by atoms with van der Waals surface area (Å²) in [5.74, 6) is 2.49. The van der Waals surface area contributed by atoms with E-state index in [0.29, 0.717) is 12.0 Å². The van der Waals surface area contributed by atoms with Gasteiger partial charge in [-0.3, -0.25) is 0 Å². The summed E-state index contributed by atoms with van der Waals surface area (Å²) in [7, 11) is 0. The summed E-state index contributed by atoms with van der Waals surface area (Å²) < 4.78 is 5.77. The Kier molecular flexibility index (Phi) is 5.06.